The van der Waals surface area contributed by atoms with Crippen LogP contribution in [0.15, 0.2) is 41.2 Å². The molecule has 0 spiro atoms. The van der Waals surface area contributed by atoms with E-state index in [0.717, 1.165) is 5.56 Å². The van der Waals surface area contributed by atoms with Gasteiger partial charge in [-0.05, 0) is 48.9 Å². The highest BCUT2D eigenvalue weighted by molar-refractivity contribution is 6.50. The Hall–Kier alpha value is -2.50. The summed E-state index contributed by atoms with van der Waals surface area (Å²) in [5, 5.41) is 1.24. The van der Waals surface area contributed by atoms with Crippen LogP contribution in [0.4, 0.5) is 0 Å². The van der Waals surface area contributed by atoms with Crippen LogP contribution in [0.25, 0.3) is 22.0 Å². The van der Waals surface area contributed by atoms with Crippen LogP contribution in [0.1, 0.15) is 18.3 Å². The molecule has 0 amide bonds. The number of halogens is 2. The number of H-pyrrole nitrogens is 1. The Balaban J connectivity index is 2.03. The summed E-state index contributed by atoms with van der Waals surface area (Å²) in [6.07, 6.45) is 1.69. The van der Waals surface area contributed by atoms with Crippen LogP contribution in [0.5, 0.6) is 11.5 Å². The Morgan fingerprint density at radius 1 is 1.23 bits per heavy atom. The minimum Gasteiger partial charge on any atom is -0.493 e. The summed E-state index contributed by atoms with van der Waals surface area (Å²) < 4.78 is 10.8. The fourth-order valence-corrected chi connectivity index (χ4v) is 2.87. The van der Waals surface area contributed by atoms with Crippen LogP contribution in [0.2, 0.25) is 5.02 Å². The second-order valence-corrected chi connectivity index (χ2v) is 6.26. The van der Waals surface area contributed by atoms with Crippen molar-refractivity contribution >= 4 is 45.2 Å². The monoisotopic (exact) mass is 390 g/mol. The molecule has 1 aromatic heterocycles. The first-order valence-corrected chi connectivity index (χ1v) is 8.65. The summed E-state index contributed by atoms with van der Waals surface area (Å²) in [6.45, 7) is 2.40. The summed E-state index contributed by atoms with van der Waals surface area (Å²) >= 11 is 12.4. The molecular weight excluding hydrogens is 375 g/mol. The number of rotatable bonds is 5. The average molecular weight is 391 g/mol. The van der Waals surface area contributed by atoms with E-state index < -0.39 is 0 Å². The zero-order valence-electron chi connectivity index (χ0n) is 14.2. The maximum absolute atomic E-state index is 12.2. The van der Waals surface area contributed by atoms with E-state index in [-0.39, 0.29) is 16.4 Å². The van der Waals surface area contributed by atoms with Crippen molar-refractivity contribution < 1.29 is 9.47 Å². The lowest BCUT2D eigenvalue weighted by molar-refractivity contribution is 0.311. The van der Waals surface area contributed by atoms with Gasteiger partial charge >= 0.3 is 0 Å². The molecule has 26 heavy (non-hydrogen) atoms. The maximum Gasteiger partial charge on any atom is 0.259 e. The van der Waals surface area contributed by atoms with Gasteiger partial charge in [-0.25, -0.2) is 4.98 Å². The molecule has 0 aliphatic carbocycles. The minimum absolute atomic E-state index is 0.264. The highest BCUT2D eigenvalue weighted by atomic mass is 35.5. The molecular formula is C19H16Cl2N2O3. The van der Waals surface area contributed by atoms with E-state index in [1.165, 1.54) is 0 Å². The first-order chi connectivity index (χ1) is 12.5. The Morgan fingerprint density at radius 3 is 2.77 bits per heavy atom. The number of hydrogen-bond acceptors (Lipinski definition) is 4. The number of aromatic nitrogens is 2. The number of nitrogens with zero attached hydrogens (tertiary/aromatic N) is 1. The molecule has 0 aliphatic rings. The van der Waals surface area contributed by atoms with Crippen molar-refractivity contribution in [3.8, 4) is 11.5 Å². The summed E-state index contributed by atoms with van der Waals surface area (Å²) in [5.41, 5.74) is 0.985. The van der Waals surface area contributed by atoms with Gasteiger partial charge in [-0.3, -0.25) is 4.79 Å². The van der Waals surface area contributed by atoms with Crippen molar-refractivity contribution in [2.24, 2.45) is 0 Å². The van der Waals surface area contributed by atoms with Crippen molar-refractivity contribution in [1.82, 2.24) is 9.97 Å². The first-order valence-electron chi connectivity index (χ1n) is 7.89. The molecule has 7 heteroatoms. The Labute approximate surface area is 160 Å². The Morgan fingerprint density at radius 2 is 2.04 bits per heavy atom. The molecule has 1 heterocycles. The Bertz CT molecular complexity index is 1040. The summed E-state index contributed by atoms with van der Waals surface area (Å²) in [6, 6.07) is 10.3. The number of nitrogens with one attached hydrogen (secondary N) is 1. The molecule has 3 aromatic rings. The number of ether oxygens (including phenoxy) is 2. The number of methoxy groups -OCH3 is 1. The molecule has 134 valence electrons. The maximum atomic E-state index is 12.2. The third-order valence-electron chi connectivity index (χ3n) is 3.68. The minimum atomic E-state index is -0.280. The van der Waals surface area contributed by atoms with Crippen LogP contribution in [0, 0.1) is 0 Å². The van der Waals surface area contributed by atoms with Gasteiger partial charge in [0.05, 0.1) is 29.7 Å². The normalized spacial score (nSPS) is 11.6. The molecule has 0 fully saturated rings. The number of fused-ring (bicyclic) bond motifs is 1. The first kappa shape index (κ1) is 18.3. The lowest BCUT2D eigenvalue weighted by Crippen LogP contribution is -2.10. The number of aromatic amines is 1. The van der Waals surface area contributed by atoms with Gasteiger partial charge in [0.1, 0.15) is 0 Å². The molecule has 0 saturated carbocycles. The summed E-state index contributed by atoms with van der Waals surface area (Å²) in [4.78, 5) is 19.3. The smallest absolute Gasteiger partial charge is 0.259 e. The SMILES string of the molecule is CCOc1cc(/C=C(\Cl)c2nc3cc(Cl)ccc3c(=O)[nH]2)ccc1OC. The van der Waals surface area contributed by atoms with Gasteiger partial charge < -0.3 is 14.5 Å². The van der Waals surface area contributed by atoms with Crippen LogP contribution < -0.4 is 15.0 Å². The molecule has 0 saturated heterocycles. The molecule has 5 nitrogen and oxygen atoms in total. The van der Waals surface area contributed by atoms with Gasteiger partial charge in [0.15, 0.2) is 17.3 Å². The lowest BCUT2D eigenvalue weighted by Gasteiger charge is -2.10. The van der Waals surface area contributed by atoms with E-state index in [1.54, 1.807) is 43.5 Å². The standard InChI is InChI=1S/C19H16Cl2N2O3/c1-3-26-17-9-11(4-7-16(17)25-2)8-14(21)18-22-15-10-12(20)5-6-13(15)19(24)23-18/h4-10H,3H2,1-2H3,(H,22,23,24)/b14-8-. The number of benzene rings is 2. The predicted octanol–water partition coefficient (Wildman–Crippen LogP) is 4.72. The van der Waals surface area contributed by atoms with Crippen molar-refractivity contribution in [2.45, 2.75) is 6.92 Å². The predicted molar refractivity (Wildman–Crippen MR) is 105 cm³/mol. The second kappa shape index (κ2) is 7.81. The van der Waals surface area contributed by atoms with Crippen LogP contribution in [0.3, 0.4) is 0 Å². The largest absolute Gasteiger partial charge is 0.493 e. The van der Waals surface area contributed by atoms with Crippen molar-refractivity contribution in [1.29, 1.82) is 0 Å². The van der Waals surface area contributed by atoms with Gasteiger partial charge in [-0.15, -0.1) is 0 Å². The van der Waals surface area contributed by atoms with Crippen LogP contribution in [-0.2, 0) is 0 Å². The summed E-state index contributed by atoms with van der Waals surface area (Å²) in [5.74, 6) is 1.51. The van der Waals surface area contributed by atoms with E-state index in [1.807, 2.05) is 13.0 Å². The van der Waals surface area contributed by atoms with E-state index in [4.69, 9.17) is 32.7 Å². The van der Waals surface area contributed by atoms with Gasteiger partial charge in [0, 0.05) is 5.02 Å². The molecule has 0 radical (unpaired) electrons. The van der Waals surface area contributed by atoms with Crippen molar-refractivity contribution in [3.63, 3.8) is 0 Å². The Kier molecular flexibility index (Phi) is 5.49. The summed E-state index contributed by atoms with van der Waals surface area (Å²) in [7, 11) is 1.58. The molecule has 0 atom stereocenters. The number of hydrogen-bond donors (Lipinski definition) is 1. The van der Waals surface area contributed by atoms with E-state index in [2.05, 4.69) is 9.97 Å². The fraction of sp³-hybridized carbons (Fsp3) is 0.158. The van der Waals surface area contributed by atoms with Crippen LogP contribution in [-0.4, -0.2) is 23.7 Å². The van der Waals surface area contributed by atoms with Crippen molar-refractivity contribution in [2.75, 3.05) is 13.7 Å². The van der Waals surface area contributed by atoms with Gasteiger partial charge in [-0.2, -0.15) is 0 Å². The van der Waals surface area contributed by atoms with Crippen molar-refractivity contribution in [3.05, 3.63) is 63.2 Å². The zero-order valence-corrected chi connectivity index (χ0v) is 15.7. The fourth-order valence-electron chi connectivity index (χ4n) is 2.49. The van der Waals surface area contributed by atoms with Gasteiger partial charge in [0.2, 0.25) is 0 Å². The highest BCUT2D eigenvalue weighted by Crippen LogP contribution is 2.30. The molecule has 3 rings (SSSR count). The second-order valence-electron chi connectivity index (χ2n) is 5.41. The van der Waals surface area contributed by atoms with E-state index >= 15 is 0 Å². The lowest BCUT2D eigenvalue weighted by atomic mass is 10.2. The van der Waals surface area contributed by atoms with Gasteiger partial charge in [0.25, 0.3) is 5.56 Å². The molecule has 1 N–H and O–H groups in total. The van der Waals surface area contributed by atoms with Gasteiger partial charge in [-0.1, -0.05) is 29.3 Å². The van der Waals surface area contributed by atoms with E-state index in [0.29, 0.717) is 34.0 Å². The van der Waals surface area contributed by atoms with Crippen LogP contribution >= 0.6 is 23.2 Å². The molecule has 0 bridgehead atoms. The third kappa shape index (κ3) is 3.84. The highest BCUT2D eigenvalue weighted by Gasteiger charge is 2.09. The molecule has 0 aliphatic heterocycles. The molecule has 2 aromatic carbocycles. The average Bonchev–Trinajstić information content (AvgIpc) is 2.61. The topological polar surface area (TPSA) is 64.2 Å². The quantitative estimate of drug-likeness (QED) is 0.684. The third-order valence-corrected chi connectivity index (χ3v) is 4.20. The van der Waals surface area contributed by atoms with E-state index in [9.17, 15) is 4.79 Å². The molecule has 0 unspecified atom stereocenters. The zero-order chi connectivity index (χ0) is 18.7.